The van der Waals surface area contributed by atoms with Crippen LogP contribution in [0.4, 0.5) is 4.79 Å². The van der Waals surface area contributed by atoms with Crippen LogP contribution >= 0.6 is 11.6 Å². The first-order valence-corrected chi connectivity index (χ1v) is 5.07. The summed E-state index contributed by atoms with van der Waals surface area (Å²) >= 11 is 5.97. The van der Waals surface area contributed by atoms with E-state index in [-0.39, 0.29) is 6.09 Å². The summed E-state index contributed by atoms with van der Waals surface area (Å²) in [5.74, 6) is 0.617. The summed E-state index contributed by atoms with van der Waals surface area (Å²) < 4.78 is 9.63. The van der Waals surface area contributed by atoms with Crippen molar-refractivity contribution in [3.8, 4) is 5.75 Å². The molecule has 0 aliphatic carbocycles. The molecule has 1 rings (SSSR count). The topological polar surface area (TPSA) is 38.8 Å². The summed E-state index contributed by atoms with van der Waals surface area (Å²) in [5.41, 5.74) is 0.915. The van der Waals surface area contributed by atoms with Crippen LogP contribution in [-0.4, -0.2) is 32.3 Å². The zero-order valence-electron chi connectivity index (χ0n) is 9.49. The molecule has 0 aliphatic rings. The molecule has 0 unspecified atom stereocenters. The average Bonchev–Trinajstić information content (AvgIpc) is 2.28. The highest BCUT2D eigenvalue weighted by Crippen LogP contribution is 2.25. The molecule has 5 heteroatoms. The molecular weight excluding hydrogens is 230 g/mol. The van der Waals surface area contributed by atoms with Crippen LogP contribution in [-0.2, 0) is 11.3 Å². The molecule has 88 valence electrons. The first-order chi connectivity index (χ1) is 7.58. The van der Waals surface area contributed by atoms with Crippen molar-refractivity contribution in [1.82, 2.24) is 4.90 Å². The van der Waals surface area contributed by atoms with Crippen LogP contribution in [0.5, 0.6) is 5.75 Å². The molecule has 0 fully saturated rings. The lowest BCUT2D eigenvalue weighted by molar-refractivity contribution is 0.131. The van der Waals surface area contributed by atoms with Gasteiger partial charge in [-0.05, 0) is 17.7 Å². The predicted octanol–water partition coefficient (Wildman–Crippen LogP) is 2.55. The SMILES string of the molecule is COC(=O)N(C)Cc1ccc(OC)c(Cl)c1. The Labute approximate surface area is 99.7 Å². The fourth-order valence-corrected chi connectivity index (χ4v) is 1.58. The standard InChI is InChI=1S/C11H14ClNO3/c1-13(11(14)16-3)7-8-4-5-10(15-2)9(12)6-8/h4-6H,7H2,1-3H3. The largest absolute Gasteiger partial charge is 0.495 e. The lowest BCUT2D eigenvalue weighted by atomic mass is 10.2. The monoisotopic (exact) mass is 243 g/mol. The highest BCUT2D eigenvalue weighted by Gasteiger charge is 2.09. The molecule has 0 aliphatic heterocycles. The third-order valence-corrected chi connectivity index (χ3v) is 2.42. The maximum absolute atomic E-state index is 11.2. The van der Waals surface area contributed by atoms with Crippen molar-refractivity contribution in [2.24, 2.45) is 0 Å². The van der Waals surface area contributed by atoms with Crippen LogP contribution in [0.2, 0.25) is 5.02 Å². The molecule has 4 nitrogen and oxygen atoms in total. The Bertz CT molecular complexity index is 381. The lowest BCUT2D eigenvalue weighted by Crippen LogP contribution is -2.25. The highest BCUT2D eigenvalue weighted by atomic mass is 35.5. The molecule has 0 heterocycles. The summed E-state index contributed by atoms with van der Waals surface area (Å²) in [6.07, 6.45) is -0.382. The maximum Gasteiger partial charge on any atom is 0.409 e. The first-order valence-electron chi connectivity index (χ1n) is 4.70. The molecule has 0 aromatic heterocycles. The normalized spacial score (nSPS) is 9.75. The van der Waals surface area contributed by atoms with E-state index >= 15 is 0 Å². The number of carbonyl (C=O) groups excluding carboxylic acids is 1. The molecule has 0 bridgehead atoms. The van der Waals surface area contributed by atoms with Gasteiger partial charge in [-0.1, -0.05) is 17.7 Å². The van der Waals surface area contributed by atoms with Crippen molar-refractivity contribution in [1.29, 1.82) is 0 Å². The van der Waals surface area contributed by atoms with Gasteiger partial charge in [-0.3, -0.25) is 0 Å². The number of rotatable bonds is 3. The van der Waals surface area contributed by atoms with Crippen LogP contribution in [0.1, 0.15) is 5.56 Å². The summed E-state index contributed by atoms with van der Waals surface area (Å²) in [7, 11) is 4.56. The number of benzene rings is 1. The Kier molecular flexibility index (Phi) is 4.43. The average molecular weight is 244 g/mol. The third kappa shape index (κ3) is 3.03. The second kappa shape index (κ2) is 5.61. The minimum atomic E-state index is -0.382. The predicted molar refractivity (Wildman–Crippen MR) is 61.9 cm³/mol. The molecule has 16 heavy (non-hydrogen) atoms. The van der Waals surface area contributed by atoms with Gasteiger partial charge in [-0.25, -0.2) is 4.79 Å². The van der Waals surface area contributed by atoms with Crippen molar-refractivity contribution >= 4 is 17.7 Å². The van der Waals surface area contributed by atoms with Gasteiger partial charge in [0.15, 0.2) is 0 Å². The van der Waals surface area contributed by atoms with Crippen molar-refractivity contribution in [2.45, 2.75) is 6.54 Å². The van der Waals surface area contributed by atoms with Gasteiger partial charge in [0.1, 0.15) is 5.75 Å². The van der Waals surface area contributed by atoms with E-state index in [2.05, 4.69) is 4.74 Å². The molecule has 1 amide bonds. The van der Waals surface area contributed by atoms with Crippen molar-refractivity contribution < 1.29 is 14.3 Å². The minimum absolute atomic E-state index is 0.382. The van der Waals surface area contributed by atoms with Crippen molar-refractivity contribution in [2.75, 3.05) is 21.3 Å². The summed E-state index contributed by atoms with van der Waals surface area (Å²) in [5, 5.41) is 0.526. The van der Waals surface area contributed by atoms with Crippen molar-refractivity contribution in [3.05, 3.63) is 28.8 Å². The Hall–Kier alpha value is -1.42. The fraction of sp³-hybridized carbons (Fsp3) is 0.364. The van der Waals surface area contributed by atoms with Crippen LogP contribution in [0.15, 0.2) is 18.2 Å². The lowest BCUT2D eigenvalue weighted by Gasteiger charge is -2.15. The fourth-order valence-electron chi connectivity index (χ4n) is 1.30. The number of hydrogen-bond donors (Lipinski definition) is 0. The van der Waals surface area contributed by atoms with Gasteiger partial charge in [-0.2, -0.15) is 0 Å². The molecule has 0 saturated heterocycles. The number of carbonyl (C=O) groups is 1. The Morgan fingerprint density at radius 1 is 1.44 bits per heavy atom. The molecule has 0 radical (unpaired) electrons. The molecule has 0 atom stereocenters. The maximum atomic E-state index is 11.2. The van der Waals surface area contributed by atoms with E-state index in [9.17, 15) is 4.79 Å². The number of hydrogen-bond acceptors (Lipinski definition) is 3. The van der Waals surface area contributed by atoms with Gasteiger partial charge >= 0.3 is 6.09 Å². The summed E-state index contributed by atoms with van der Waals surface area (Å²) in [4.78, 5) is 12.6. The van der Waals surface area contributed by atoms with Gasteiger partial charge in [0, 0.05) is 13.6 Å². The molecule has 0 N–H and O–H groups in total. The Morgan fingerprint density at radius 3 is 2.62 bits per heavy atom. The number of amides is 1. The second-order valence-corrected chi connectivity index (χ2v) is 3.70. The van der Waals surface area contributed by atoms with Gasteiger partial charge in [-0.15, -0.1) is 0 Å². The number of nitrogens with zero attached hydrogens (tertiary/aromatic N) is 1. The van der Waals surface area contributed by atoms with Crippen LogP contribution < -0.4 is 4.74 Å². The van der Waals surface area contributed by atoms with E-state index in [1.54, 1.807) is 26.3 Å². The van der Waals surface area contributed by atoms with E-state index < -0.39 is 0 Å². The quantitative estimate of drug-likeness (QED) is 0.819. The number of halogens is 1. The van der Waals surface area contributed by atoms with Gasteiger partial charge in [0.2, 0.25) is 0 Å². The van der Waals surface area contributed by atoms with Gasteiger partial charge < -0.3 is 14.4 Å². The smallest absolute Gasteiger partial charge is 0.409 e. The first kappa shape index (κ1) is 12.6. The summed E-state index contributed by atoms with van der Waals surface area (Å²) in [6.45, 7) is 0.441. The highest BCUT2D eigenvalue weighted by molar-refractivity contribution is 6.32. The third-order valence-electron chi connectivity index (χ3n) is 2.12. The zero-order valence-corrected chi connectivity index (χ0v) is 10.2. The molecule has 0 spiro atoms. The number of methoxy groups -OCH3 is 2. The van der Waals surface area contributed by atoms with Gasteiger partial charge in [0.25, 0.3) is 0 Å². The van der Waals surface area contributed by atoms with Gasteiger partial charge in [0.05, 0.1) is 19.2 Å². The van der Waals surface area contributed by atoms with E-state index in [0.717, 1.165) is 5.56 Å². The van der Waals surface area contributed by atoms with Crippen LogP contribution in [0, 0.1) is 0 Å². The molecule has 1 aromatic rings. The molecule has 0 saturated carbocycles. The van der Waals surface area contributed by atoms with E-state index in [0.29, 0.717) is 17.3 Å². The molecule has 1 aromatic carbocycles. The Morgan fingerprint density at radius 2 is 2.12 bits per heavy atom. The number of ether oxygens (including phenoxy) is 2. The molecular formula is C11H14ClNO3. The van der Waals surface area contributed by atoms with Crippen LogP contribution in [0.3, 0.4) is 0 Å². The minimum Gasteiger partial charge on any atom is -0.495 e. The van der Waals surface area contributed by atoms with E-state index in [1.165, 1.54) is 12.0 Å². The second-order valence-electron chi connectivity index (χ2n) is 3.29. The van der Waals surface area contributed by atoms with Crippen molar-refractivity contribution in [3.63, 3.8) is 0 Å². The van der Waals surface area contributed by atoms with E-state index in [1.807, 2.05) is 6.07 Å². The van der Waals surface area contributed by atoms with Crippen LogP contribution in [0.25, 0.3) is 0 Å². The Balaban J connectivity index is 2.75. The summed E-state index contributed by atoms with van der Waals surface area (Å²) in [6, 6.07) is 5.38. The zero-order chi connectivity index (χ0) is 12.1. The van der Waals surface area contributed by atoms with E-state index in [4.69, 9.17) is 16.3 Å².